The molecule has 31 heavy (non-hydrogen) atoms. The van der Waals surface area contributed by atoms with Crippen molar-refractivity contribution in [2.24, 2.45) is 0 Å². The van der Waals surface area contributed by atoms with Gasteiger partial charge < -0.3 is 5.32 Å². The highest BCUT2D eigenvalue weighted by atomic mass is 32.2. The number of aryl methyl sites for hydroxylation is 3. The van der Waals surface area contributed by atoms with Crippen LogP contribution in [0.3, 0.4) is 0 Å². The third-order valence-electron chi connectivity index (χ3n) is 4.89. The second-order valence-corrected chi connectivity index (χ2v) is 10.1. The number of carbonyl (C=O) groups is 1. The van der Waals surface area contributed by atoms with Crippen LogP contribution in [-0.2, 0) is 10.0 Å². The molecule has 1 heterocycles. The van der Waals surface area contributed by atoms with Crippen molar-refractivity contribution >= 4 is 48.3 Å². The fourth-order valence-corrected chi connectivity index (χ4v) is 5.45. The summed E-state index contributed by atoms with van der Waals surface area (Å²) in [5, 5.41) is 3.20. The zero-order valence-electron chi connectivity index (χ0n) is 17.3. The van der Waals surface area contributed by atoms with Gasteiger partial charge >= 0.3 is 0 Å². The minimum absolute atomic E-state index is 0.181. The van der Waals surface area contributed by atoms with E-state index in [0.717, 1.165) is 21.4 Å². The average Bonchev–Trinajstić information content (AvgIpc) is 3.10. The topological polar surface area (TPSA) is 88.2 Å². The molecule has 0 aliphatic heterocycles. The number of carbonyl (C=O) groups excluding carboxylic acids is 1. The lowest BCUT2D eigenvalue weighted by Gasteiger charge is -2.08. The zero-order valence-corrected chi connectivity index (χ0v) is 18.9. The van der Waals surface area contributed by atoms with Gasteiger partial charge in [-0.2, -0.15) is 0 Å². The van der Waals surface area contributed by atoms with Gasteiger partial charge in [0.05, 0.1) is 15.1 Å². The van der Waals surface area contributed by atoms with Gasteiger partial charge in [0, 0.05) is 11.3 Å². The summed E-state index contributed by atoms with van der Waals surface area (Å²) in [6.45, 7) is 5.67. The van der Waals surface area contributed by atoms with E-state index in [1.807, 2.05) is 45.0 Å². The molecule has 0 saturated carbocycles. The van der Waals surface area contributed by atoms with Crippen LogP contribution in [0, 0.1) is 20.8 Å². The van der Waals surface area contributed by atoms with Gasteiger partial charge in [-0.05, 0) is 62.2 Å². The smallest absolute Gasteiger partial charge is 0.263 e. The van der Waals surface area contributed by atoms with Gasteiger partial charge in [0.2, 0.25) is 0 Å². The standard InChI is InChI=1S/C23H21N3O3S2/c1-14-8-10-18(11-9-14)31(28,29)26-23-25-21-16(3)12-17(13-20(21)30-23)24-22(27)19-7-5-4-6-15(19)2/h4-13H,1-3H3,(H,24,27)(H,25,26). The van der Waals surface area contributed by atoms with Gasteiger partial charge in [0.1, 0.15) is 0 Å². The number of nitrogens with zero attached hydrogens (tertiary/aromatic N) is 1. The number of rotatable bonds is 5. The molecule has 0 bridgehead atoms. The Balaban J connectivity index is 1.61. The van der Waals surface area contributed by atoms with Crippen molar-refractivity contribution in [2.75, 3.05) is 10.0 Å². The number of hydrogen-bond donors (Lipinski definition) is 2. The van der Waals surface area contributed by atoms with E-state index >= 15 is 0 Å². The number of benzene rings is 3. The van der Waals surface area contributed by atoms with Gasteiger partial charge in [-0.3, -0.25) is 9.52 Å². The van der Waals surface area contributed by atoms with E-state index in [9.17, 15) is 13.2 Å². The first-order valence-electron chi connectivity index (χ1n) is 9.60. The first-order valence-corrected chi connectivity index (χ1v) is 11.9. The lowest BCUT2D eigenvalue weighted by molar-refractivity contribution is 0.102. The summed E-state index contributed by atoms with van der Waals surface area (Å²) in [5.41, 5.74) is 4.65. The van der Waals surface area contributed by atoms with Crippen molar-refractivity contribution in [3.05, 3.63) is 82.9 Å². The van der Waals surface area contributed by atoms with E-state index in [1.165, 1.54) is 11.3 Å². The second kappa shape index (κ2) is 8.13. The van der Waals surface area contributed by atoms with Crippen molar-refractivity contribution in [3.8, 4) is 0 Å². The zero-order chi connectivity index (χ0) is 22.2. The fraction of sp³-hybridized carbons (Fsp3) is 0.130. The normalized spacial score (nSPS) is 11.5. The highest BCUT2D eigenvalue weighted by Gasteiger charge is 2.18. The molecule has 0 spiro atoms. The van der Waals surface area contributed by atoms with Crippen molar-refractivity contribution in [1.29, 1.82) is 0 Å². The van der Waals surface area contributed by atoms with Gasteiger partial charge in [0.15, 0.2) is 5.13 Å². The van der Waals surface area contributed by atoms with E-state index in [-0.39, 0.29) is 15.9 Å². The quantitative estimate of drug-likeness (QED) is 0.432. The third-order valence-corrected chi connectivity index (χ3v) is 7.29. The molecule has 0 unspecified atom stereocenters. The van der Waals surface area contributed by atoms with E-state index in [2.05, 4.69) is 15.0 Å². The molecule has 0 aliphatic rings. The molecule has 2 N–H and O–H groups in total. The van der Waals surface area contributed by atoms with Gasteiger partial charge in [-0.1, -0.05) is 47.2 Å². The van der Waals surface area contributed by atoms with Crippen molar-refractivity contribution in [2.45, 2.75) is 25.7 Å². The highest BCUT2D eigenvalue weighted by Crippen LogP contribution is 2.32. The number of thiazole rings is 1. The summed E-state index contributed by atoms with van der Waals surface area (Å²) < 4.78 is 28.7. The van der Waals surface area contributed by atoms with Crippen molar-refractivity contribution in [3.63, 3.8) is 0 Å². The predicted molar refractivity (Wildman–Crippen MR) is 125 cm³/mol. The molecule has 0 fully saturated rings. The molecule has 158 valence electrons. The van der Waals surface area contributed by atoms with Crippen LogP contribution in [0.1, 0.15) is 27.0 Å². The molecule has 1 aromatic heterocycles. The Bertz CT molecular complexity index is 1390. The monoisotopic (exact) mass is 451 g/mol. The molecule has 6 nitrogen and oxygen atoms in total. The Labute approximate surface area is 185 Å². The molecule has 0 radical (unpaired) electrons. The van der Waals surface area contributed by atoms with Crippen LogP contribution in [-0.4, -0.2) is 19.3 Å². The number of aromatic nitrogens is 1. The molecule has 3 aromatic carbocycles. The molecule has 4 rings (SSSR count). The van der Waals surface area contributed by atoms with Gasteiger partial charge in [-0.15, -0.1) is 0 Å². The van der Waals surface area contributed by atoms with E-state index in [1.54, 1.807) is 36.4 Å². The molecular weight excluding hydrogens is 430 g/mol. The van der Waals surface area contributed by atoms with Crippen LogP contribution < -0.4 is 10.0 Å². The summed E-state index contributed by atoms with van der Waals surface area (Å²) in [6.07, 6.45) is 0. The minimum Gasteiger partial charge on any atom is -0.322 e. The summed E-state index contributed by atoms with van der Waals surface area (Å²) in [7, 11) is -3.73. The van der Waals surface area contributed by atoms with E-state index in [4.69, 9.17) is 0 Å². The van der Waals surface area contributed by atoms with Crippen molar-refractivity contribution in [1.82, 2.24) is 4.98 Å². The minimum atomic E-state index is -3.73. The lowest BCUT2D eigenvalue weighted by Crippen LogP contribution is -2.13. The Kier molecular flexibility index (Phi) is 5.51. The van der Waals surface area contributed by atoms with Crippen LogP contribution in [0.15, 0.2) is 65.6 Å². The Morgan fingerprint density at radius 2 is 1.65 bits per heavy atom. The number of amides is 1. The Morgan fingerprint density at radius 3 is 2.35 bits per heavy atom. The SMILES string of the molecule is Cc1ccc(S(=O)(=O)Nc2nc3c(C)cc(NC(=O)c4ccccc4C)cc3s2)cc1. The van der Waals surface area contributed by atoms with E-state index in [0.29, 0.717) is 16.8 Å². The predicted octanol–water partition coefficient (Wildman–Crippen LogP) is 5.27. The maximum absolute atomic E-state index is 12.7. The Hall–Kier alpha value is -3.23. The van der Waals surface area contributed by atoms with Crippen molar-refractivity contribution < 1.29 is 13.2 Å². The van der Waals surface area contributed by atoms with E-state index < -0.39 is 10.0 Å². The molecular formula is C23H21N3O3S2. The summed E-state index contributed by atoms with van der Waals surface area (Å²) in [4.78, 5) is 17.3. The second-order valence-electron chi connectivity index (χ2n) is 7.35. The number of nitrogens with one attached hydrogen (secondary N) is 2. The molecule has 0 aliphatic carbocycles. The first kappa shape index (κ1) is 21.0. The molecule has 8 heteroatoms. The average molecular weight is 452 g/mol. The van der Waals surface area contributed by atoms with Crippen LogP contribution in [0.4, 0.5) is 10.8 Å². The molecule has 1 amide bonds. The van der Waals surface area contributed by atoms with Crippen LogP contribution in [0.2, 0.25) is 0 Å². The van der Waals surface area contributed by atoms with Gasteiger partial charge in [0.25, 0.3) is 15.9 Å². The number of hydrogen-bond acceptors (Lipinski definition) is 5. The molecule has 0 atom stereocenters. The summed E-state index contributed by atoms with van der Waals surface area (Å²) in [5.74, 6) is -0.193. The number of sulfonamides is 1. The summed E-state index contributed by atoms with van der Waals surface area (Å²) in [6, 6.07) is 17.6. The third kappa shape index (κ3) is 4.45. The number of anilines is 2. The largest absolute Gasteiger partial charge is 0.322 e. The lowest BCUT2D eigenvalue weighted by atomic mass is 10.1. The van der Waals surface area contributed by atoms with Crippen LogP contribution >= 0.6 is 11.3 Å². The summed E-state index contributed by atoms with van der Waals surface area (Å²) >= 11 is 1.22. The first-order chi connectivity index (χ1) is 14.7. The highest BCUT2D eigenvalue weighted by molar-refractivity contribution is 7.93. The molecule has 4 aromatic rings. The number of fused-ring (bicyclic) bond motifs is 1. The van der Waals surface area contributed by atoms with Gasteiger partial charge in [-0.25, -0.2) is 13.4 Å². The maximum Gasteiger partial charge on any atom is 0.263 e. The van der Waals surface area contributed by atoms with Crippen LogP contribution in [0.5, 0.6) is 0 Å². The maximum atomic E-state index is 12.7. The van der Waals surface area contributed by atoms with Crippen LogP contribution in [0.25, 0.3) is 10.2 Å². The fourth-order valence-electron chi connectivity index (χ4n) is 3.23. The Morgan fingerprint density at radius 1 is 0.935 bits per heavy atom. The molecule has 0 saturated heterocycles.